The summed E-state index contributed by atoms with van der Waals surface area (Å²) in [5.41, 5.74) is 0.479. The number of carbonyl (C=O) groups excluding carboxylic acids is 2. The molecule has 2 amide bonds. The van der Waals surface area contributed by atoms with E-state index in [0.717, 1.165) is 39.0 Å². The Morgan fingerprint density at radius 1 is 0.871 bits per heavy atom. The molecule has 0 saturated carbocycles. The summed E-state index contributed by atoms with van der Waals surface area (Å²) in [6, 6.07) is 7.21. The fraction of sp³-hybridized carbons (Fsp3) is 0.565. The van der Waals surface area contributed by atoms with Gasteiger partial charge in [0.1, 0.15) is 5.82 Å². The number of carbonyl (C=O) groups is 2. The number of nitrogens with one attached hydrogen (secondary N) is 1. The van der Waals surface area contributed by atoms with E-state index >= 15 is 0 Å². The molecule has 2 aliphatic rings. The summed E-state index contributed by atoms with van der Waals surface area (Å²) in [4.78, 5) is 50.7. The number of rotatable bonds is 5. The third-order valence-electron chi connectivity index (χ3n) is 6.28. The lowest BCUT2D eigenvalue weighted by Gasteiger charge is -2.35. The monoisotopic (exact) mass is 425 g/mol. The molecule has 3 heterocycles. The van der Waals surface area contributed by atoms with E-state index in [1.807, 2.05) is 28.0 Å². The first-order chi connectivity index (χ1) is 15.1. The highest BCUT2D eigenvalue weighted by molar-refractivity contribution is 5.79. The smallest absolute Gasteiger partial charge is 0.258 e. The summed E-state index contributed by atoms with van der Waals surface area (Å²) in [5, 5.41) is 0.559. The van der Waals surface area contributed by atoms with Crippen molar-refractivity contribution in [3.63, 3.8) is 0 Å². The number of hydrogen-bond acceptors (Lipinski definition) is 5. The van der Waals surface area contributed by atoms with Crippen molar-refractivity contribution in [1.29, 1.82) is 0 Å². The number of aryl methyl sites for hydroxylation is 1. The van der Waals surface area contributed by atoms with Gasteiger partial charge in [-0.2, -0.15) is 0 Å². The number of likely N-dealkylation sites (tertiary alicyclic amines) is 1. The first kappa shape index (κ1) is 21.5. The third kappa shape index (κ3) is 5.50. The van der Waals surface area contributed by atoms with Crippen LogP contribution >= 0.6 is 0 Å². The number of para-hydroxylation sites is 1. The van der Waals surface area contributed by atoms with Crippen LogP contribution in [0.2, 0.25) is 0 Å². The quantitative estimate of drug-likeness (QED) is 0.782. The maximum absolute atomic E-state index is 12.6. The molecule has 0 atom stereocenters. The average Bonchev–Trinajstić information content (AvgIpc) is 3.08. The van der Waals surface area contributed by atoms with Crippen LogP contribution in [0.15, 0.2) is 29.1 Å². The number of aromatic nitrogens is 2. The average molecular weight is 426 g/mol. The van der Waals surface area contributed by atoms with E-state index in [9.17, 15) is 14.4 Å². The molecule has 4 rings (SSSR count). The maximum atomic E-state index is 12.6. The molecule has 1 N–H and O–H groups in total. The first-order valence-electron chi connectivity index (χ1n) is 11.4. The van der Waals surface area contributed by atoms with Crippen molar-refractivity contribution in [2.45, 2.75) is 38.5 Å². The van der Waals surface area contributed by atoms with Gasteiger partial charge in [0.15, 0.2) is 0 Å². The second-order valence-corrected chi connectivity index (χ2v) is 8.48. The highest BCUT2D eigenvalue weighted by atomic mass is 16.2. The molecular weight excluding hydrogens is 394 g/mol. The molecule has 0 aliphatic carbocycles. The van der Waals surface area contributed by atoms with E-state index in [2.05, 4.69) is 14.9 Å². The topological polar surface area (TPSA) is 89.6 Å². The molecule has 2 aromatic rings. The molecule has 0 spiro atoms. The largest absolute Gasteiger partial charge is 0.342 e. The Kier molecular flexibility index (Phi) is 6.96. The molecule has 2 fully saturated rings. The fourth-order valence-electron chi connectivity index (χ4n) is 4.40. The number of piperazine rings is 1. The molecule has 2 aliphatic heterocycles. The van der Waals surface area contributed by atoms with Gasteiger partial charge < -0.3 is 14.8 Å². The lowest BCUT2D eigenvalue weighted by Crippen LogP contribution is -2.51. The first-order valence-corrected chi connectivity index (χ1v) is 11.4. The maximum Gasteiger partial charge on any atom is 0.258 e. The number of H-pyrrole nitrogens is 1. The molecular formula is C23H31N5O3. The zero-order valence-electron chi connectivity index (χ0n) is 18.0. The molecule has 0 radical (unpaired) electrons. The van der Waals surface area contributed by atoms with Gasteiger partial charge in [-0.25, -0.2) is 4.98 Å². The van der Waals surface area contributed by atoms with Gasteiger partial charge in [-0.1, -0.05) is 25.0 Å². The van der Waals surface area contributed by atoms with Crippen molar-refractivity contribution in [3.05, 3.63) is 40.4 Å². The molecule has 8 heteroatoms. The van der Waals surface area contributed by atoms with Gasteiger partial charge in [0.25, 0.3) is 5.56 Å². The predicted octanol–water partition coefficient (Wildman–Crippen LogP) is 1.40. The van der Waals surface area contributed by atoms with Gasteiger partial charge in [-0.15, -0.1) is 0 Å². The number of amides is 2. The molecule has 0 unspecified atom stereocenters. The van der Waals surface area contributed by atoms with Gasteiger partial charge >= 0.3 is 0 Å². The Labute approximate surface area is 182 Å². The van der Waals surface area contributed by atoms with Gasteiger partial charge in [0, 0.05) is 52.1 Å². The lowest BCUT2D eigenvalue weighted by molar-refractivity contribution is -0.135. The van der Waals surface area contributed by atoms with Crippen molar-refractivity contribution in [2.75, 3.05) is 45.8 Å². The third-order valence-corrected chi connectivity index (χ3v) is 6.28. The van der Waals surface area contributed by atoms with E-state index in [1.165, 1.54) is 12.8 Å². The zero-order valence-corrected chi connectivity index (χ0v) is 18.0. The highest BCUT2D eigenvalue weighted by Gasteiger charge is 2.24. The molecule has 8 nitrogen and oxygen atoms in total. The summed E-state index contributed by atoms with van der Waals surface area (Å²) >= 11 is 0. The van der Waals surface area contributed by atoms with Crippen LogP contribution in [0.1, 0.15) is 37.9 Å². The van der Waals surface area contributed by atoms with Crippen LogP contribution in [0.3, 0.4) is 0 Å². The van der Waals surface area contributed by atoms with Crippen molar-refractivity contribution in [2.24, 2.45) is 0 Å². The Morgan fingerprint density at radius 3 is 2.29 bits per heavy atom. The number of hydrogen-bond donors (Lipinski definition) is 1. The number of benzene rings is 1. The SMILES string of the molecule is O=C(CCc1nc2ccccc2c(=O)[nH]1)N1CCN(CC(=O)N2CCCCCC2)CC1. The molecule has 1 aromatic carbocycles. The van der Waals surface area contributed by atoms with Crippen LogP contribution in [-0.4, -0.2) is 82.3 Å². The van der Waals surface area contributed by atoms with Crippen LogP contribution < -0.4 is 5.56 Å². The highest BCUT2D eigenvalue weighted by Crippen LogP contribution is 2.12. The standard InChI is InChI=1S/C23H31N5O3/c29-21(10-9-20-24-19-8-4-3-7-18(19)23(31)25-20)28-15-13-26(14-16-28)17-22(30)27-11-5-1-2-6-12-27/h3-4,7-8H,1-2,5-6,9-17H2,(H,24,25,31). The van der Waals surface area contributed by atoms with Crippen molar-refractivity contribution >= 4 is 22.7 Å². The van der Waals surface area contributed by atoms with Crippen LogP contribution in [0.5, 0.6) is 0 Å². The molecule has 166 valence electrons. The Morgan fingerprint density at radius 2 is 1.55 bits per heavy atom. The van der Waals surface area contributed by atoms with E-state index in [0.29, 0.717) is 49.2 Å². The molecule has 2 saturated heterocycles. The van der Waals surface area contributed by atoms with E-state index < -0.39 is 0 Å². The minimum atomic E-state index is -0.171. The van der Waals surface area contributed by atoms with Crippen molar-refractivity contribution < 1.29 is 9.59 Å². The van der Waals surface area contributed by atoms with Crippen molar-refractivity contribution in [1.82, 2.24) is 24.7 Å². The Balaban J connectivity index is 1.24. The summed E-state index contributed by atoms with van der Waals surface area (Å²) in [6.45, 7) is 4.91. The van der Waals surface area contributed by atoms with Gasteiger partial charge in [-0.05, 0) is 25.0 Å². The second-order valence-electron chi connectivity index (χ2n) is 8.48. The van der Waals surface area contributed by atoms with Crippen LogP contribution in [0, 0.1) is 0 Å². The predicted molar refractivity (Wildman–Crippen MR) is 119 cm³/mol. The van der Waals surface area contributed by atoms with Gasteiger partial charge in [0.05, 0.1) is 17.4 Å². The van der Waals surface area contributed by atoms with E-state index in [4.69, 9.17) is 0 Å². The fourth-order valence-corrected chi connectivity index (χ4v) is 4.40. The Hall–Kier alpha value is -2.74. The normalized spacial score (nSPS) is 18.2. The lowest BCUT2D eigenvalue weighted by atomic mass is 10.2. The second kappa shape index (κ2) is 10.0. The molecule has 31 heavy (non-hydrogen) atoms. The summed E-state index contributed by atoms with van der Waals surface area (Å²) < 4.78 is 0. The number of aromatic amines is 1. The zero-order chi connectivity index (χ0) is 21.6. The number of nitrogens with zero attached hydrogens (tertiary/aromatic N) is 4. The van der Waals surface area contributed by atoms with Gasteiger partial charge in [-0.3, -0.25) is 19.3 Å². The van der Waals surface area contributed by atoms with Crippen LogP contribution in [0.4, 0.5) is 0 Å². The van der Waals surface area contributed by atoms with Crippen LogP contribution in [0.25, 0.3) is 10.9 Å². The molecule has 0 bridgehead atoms. The minimum Gasteiger partial charge on any atom is -0.342 e. The summed E-state index contributed by atoms with van der Waals surface area (Å²) in [6.07, 6.45) is 5.36. The summed E-state index contributed by atoms with van der Waals surface area (Å²) in [5.74, 6) is 0.820. The molecule has 1 aromatic heterocycles. The van der Waals surface area contributed by atoms with Crippen molar-refractivity contribution in [3.8, 4) is 0 Å². The minimum absolute atomic E-state index is 0.0642. The summed E-state index contributed by atoms with van der Waals surface area (Å²) in [7, 11) is 0. The Bertz CT molecular complexity index is 973. The van der Waals surface area contributed by atoms with E-state index in [-0.39, 0.29) is 17.4 Å². The number of fused-ring (bicyclic) bond motifs is 1. The van der Waals surface area contributed by atoms with Gasteiger partial charge in [0.2, 0.25) is 11.8 Å². The van der Waals surface area contributed by atoms with E-state index in [1.54, 1.807) is 6.07 Å². The van der Waals surface area contributed by atoms with Crippen LogP contribution in [-0.2, 0) is 16.0 Å².